The number of guanidine groups is 1. The Labute approximate surface area is 140 Å². The molecule has 132 valence electrons. The molecule has 0 bridgehead atoms. The van der Waals surface area contributed by atoms with Crippen molar-refractivity contribution < 1.29 is 4.52 Å². The van der Waals surface area contributed by atoms with Crippen LogP contribution in [-0.4, -0.2) is 49.2 Å². The second-order valence-corrected chi connectivity index (χ2v) is 5.83. The van der Waals surface area contributed by atoms with Crippen molar-refractivity contribution in [2.75, 3.05) is 27.2 Å². The summed E-state index contributed by atoms with van der Waals surface area (Å²) >= 11 is 0. The normalized spacial score (nSPS) is 13.4. The Bertz CT molecular complexity index is 462. The van der Waals surface area contributed by atoms with Crippen LogP contribution in [-0.2, 0) is 19.4 Å². The van der Waals surface area contributed by atoms with E-state index in [1.165, 1.54) is 0 Å². The maximum atomic E-state index is 5.40. The number of likely N-dealkylation sites (N-methyl/N-ethyl adjacent to an activating group) is 1. The van der Waals surface area contributed by atoms with E-state index in [-0.39, 0.29) is 0 Å². The lowest BCUT2D eigenvalue weighted by atomic mass is 10.1. The summed E-state index contributed by atoms with van der Waals surface area (Å²) in [6.07, 6.45) is 2.90. The Hall–Kier alpha value is -1.56. The summed E-state index contributed by atoms with van der Waals surface area (Å²) in [5.41, 5.74) is 2.19. The molecule has 1 unspecified atom stereocenters. The van der Waals surface area contributed by atoms with Crippen LogP contribution in [0.1, 0.15) is 51.1 Å². The monoisotopic (exact) mass is 323 g/mol. The summed E-state index contributed by atoms with van der Waals surface area (Å²) in [6.45, 7) is 11.2. The van der Waals surface area contributed by atoms with Crippen molar-refractivity contribution >= 4 is 5.96 Å². The second-order valence-electron chi connectivity index (χ2n) is 5.83. The van der Waals surface area contributed by atoms with Crippen molar-refractivity contribution in [2.45, 2.75) is 59.5 Å². The smallest absolute Gasteiger partial charge is 0.191 e. The zero-order valence-corrected chi connectivity index (χ0v) is 15.6. The van der Waals surface area contributed by atoms with Gasteiger partial charge in [-0.2, -0.15) is 0 Å². The topological polar surface area (TPSA) is 65.7 Å². The molecule has 23 heavy (non-hydrogen) atoms. The third kappa shape index (κ3) is 5.86. The van der Waals surface area contributed by atoms with Crippen molar-refractivity contribution in [3.8, 4) is 0 Å². The van der Waals surface area contributed by atoms with E-state index in [0.29, 0.717) is 12.6 Å². The van der Waals surface area contributed by atoms with Gasteiger partial charge < -0.3 is 20.1 Å². The van der Waals surface area contributed by atoms with Crippen molar-refractivity contribution in [1.82, 2.24) is 20.7 Å². The van der Waals surface area contributed by atoms with Crippen LogP contribution in [0.25, 0.3) is 0 Å². The highest BCUT2D eigenvalue weighted by molar-refractivity contribution is 5.79. The largest absolute Gasteiger partial charge is 0.361 e. The summed E-state index contributed by atoms with van der Waals surface area (Å²) in [5.74, 6) is 1.77. The van der Waals surface area contributed by atoms with Crippen LogP contribution in [0.5, 0.6) is 0 Å². The highest BCUT2D eigenvalue weighted by atomic mass is 16.5. The molecule has 0 fully saturated rings. The molecule has 0 radical (unpaired) electrons. The van der Waals surface area contributed by atoms with E-state index in [2.05, 4.69) is 60.4 Å². The lowest BCUT2D eigenvalue weighted by Gasteiger charge is -2.24. The number of hydrogen-bond acceptors (Lipinski definition) is 4. The molecule has 0 amide bonds. The number of aliphatic imine (C=N–C) groups is 1. The van der Waals surface area contributed by atoms with Gasteiger partial charge in [-0.3, -0.25) is 4.99 Å². The average Bonchev–Trinajstić information content (AvgIpc) is 2.98. The lowest BCUT2D eigenvalue weighted by Crippen LogP contribution is -2.42. The molecule has 0 aromatic carbocycles. The zero-order valence-electron chi connectivity index (χ0n) is 15.6. The fraction of sp³-hybridized carbons (Fsp3) is 0.765. The Balaban J connectivity index is 2.47. The predicted molar refractivity (Wildman–Crippen MR) is 95.8 cm³/mol. The maximum absolute atomic E-state index is 5.40. The van der Waals surface area contributed by atoms with Gasteiger partial charge in [-0.05, 0) is 26.8 Å². The van der Waals surface area contributed by atoms with Crippen molar-refractivity contribution in [3.63, 3.8) is 0 Å². The zero-order chi connectivity index (χ0) is 17.2. The summed E-state index contributed by atoms with van der Waals surface area (Å²) in [7, 11) is 3.95. The number of rotatable bonds is 9. The summed E-state index contributed by atoms with van der Waals surface area (Å²) in [6, 6.07) is 0.600. The molecular formula is C17H33N5O. The minimum Gasteiger partial charge on any atom is -0.361 e. The Morgan fingerprint density at radius 1 is 1.26 bits per heavy atom. The molecule has 6 nitrogen and oxygen atoms in total. The molecule has 1 heterocycles. The van der Waals surface area contributed by atoms with Crippen LogP contribution >= 0.6 is 0 Å². The summed E-state index contributed by atoms with van der Waals surface area (Å²) in [4.78, 5) is 6.64. The van der Waals surface area contributed by atoms with E-state index in [9.17, 15) is 0 Å². The van der Waals surface area contributed by atoms with Gasteiger partial charge in [0.25, 0.3) is 0 Å². The van der Waals surface area contributed by atoms with Gasteiger partial charge in [-0.15, -0.1) is 0 Å². The van der Waals surface area contributed by atoms with Crippen LogP contribution in [0.15, 0.2) is 9.52 Å². The minimum absolute atomic E-state index is 0.600. The van der Waals surface area contributed by atoms with Crippen LogP contribution in [0, 0.1) is 0 Å². The molecule has 1 aromatic heterocycles. The molecule has 6 heteroatoms. The molecular weight excluding hydrogens is 290 g/mol. The number of nitrogens with one attached hydrogen (secondary N) is 2. The van der Waals surface area contributed by atoms with Gasteiger partial charge in [0.1, 0.15) is 5.76 Å². The lowest BCUT2D eigenvalue weighted by molar-refractivity contribution is 0.255. The SMILES string of the molecule is CCc1noc(CC)c1CNC(=NC)NCCN(C)C(C)CC. The number of nitrogens with zero attached hydrogens (tertiary/aromatic N) is 3. The average molecular weight is 323 g/mol. The predicted octanol–water partition coefficient (Wildman–Crippen LogP) is 2.19. The number of hydrogen-bond donors (Lipinski definition) is 2. The molecule has 0 aliphatic carbocycles. The fourth-order valence-corrected chi connectivity index (χ4v) is 2.41. The van der Waals surface area contributed by atoms with Gasteiger partial charge >= 0.3 is 0 Å². The standard InChI is InChI=1S/C17H33N5O/c1-7-13(4)22(6)11-10-19-17(18-5)20-12-14-15(8-2)21-23-16(14)9-3/h13H,7-12H2,1-6H3,(H2,18,19,20). The van der Waals surface area contributed by atoms with E-state index in [1.807, 2.05) is 0 Å². The van der Waals surface area contributed by atoms with Crippen molar-refractivity contribution in [2.24, 2.45) is 4.99 Å². The molecule has 1 aromatic rings. The molecule has 0 saturated heterocycles. The first kappa shape index (κ1) is 19.5. The molecule has 0 aliphatic heterocycles. The van der Waals surface area contributed by atoms with Gasteiger partial charge in [0.2, 0.25) is 0 Å². The quantitative estimate of drug-likeness (QED) is 0.539. The summed E-state index contributed by atoms with van der Waals surface area (Å²) < 4.78 is 5.40. The van der Waals surface area contributed by atoms with E-state index in [0.717, 1.165) is 55.3 Å². The third-order valence-electron chi connectivity index (χ3n) is 4.36. The van der Waals surface area contributed by atoms with Gasteiger partial charge in [0, 0.05) is 44.7 Å². The Morgan fingerprint density at radius 2 is 2.00 bits per heavy atom. The second kappa shape index (κ2) is 10.3. The van der Waals surface area contributed by atoms with E-state index >= 15 is 0 Å². The minimum atomic E-state index is 0.600. The summed E-state index contributed by atoms with van der Waals surface area (Å²) in [5, 5.41) is 10.9. The van der Waals surface area contributed by atoms with E-state index < -0.39 is 0 Å². The maximum Gasteiger partial charge on any atom is 0.191 e. The molecule has 1 rings (SSSR count). The van der Waals surface area contributed by atoms with E-state index in [1.54, 1.807) is 7.05 Å². The molecule has 0 spiro atoms. The van der Waals surface area contributed by atoms with Crippen molar-refractivity contribution in [1.29, 1.82) is 0 Å². The van der Waals surface area contributed by atoms with Gasteiger partial charge in [-0.1, -0.05) is 25.9 Å². The first-order valence-corrected chi connectivity index (χ1v) is 8.68. The van der Waals surface area contributed by atoms with Crippen molar-refractivity contribution in [3.05, 3.63) is 17.0 Å². The van der Waals surface area contributed by atoms with Crippen LogP contribution in [0.4, 0.5) is 0 Å². The van der Waals surface area contributed by atoms with E-state index in [4.69, 9.17) is 4.52 Å². The Kier molecular flexibility index (Phi) is 8.69. The van der Waals surface area contributed by atoms with Crippen LogP contribution in [0.2, 0.25) is 0 Å². The van der Waals surface area contributed by atoms with Gasteiger partial charge in [0.15, 0.2) is 5.96 Å². The van der Waals surface area contributed by atoms with Gasteiger partial charge in [-0.25, -0.2) is 0 Å². The first-order valence-electron chi connectivity index (χ1n) is 8.68. The third-order valence-corrected chi connectivity index (χ3v) is 4.36. The highest BCUT2D eigenvalue weighted by Crippen LogP contribution is 2.15. The van der Waals surface area contributed by atoms with Crippen LogP contribution < -0.4 is 10.6 Å². The molecule has 2 N–H and O–H groups in total. The fourth-order valence-electron chi connectivity index (χ4n) is 2.41. The Morgan fingerprint density at radius 3 is 2.57 bits per heavy atom. The van der Waals surface area contributed by atoms with Crippen LogP contribution in [0.3, 0.4) is 0 Å². The number of aromatic nitrogens is 1. The highest BCUT2D eigenvalue weighted by Gasteiger charge is 2.13. The molecule has 0 saturated carbocycles. The molecule has 1 atom stereocenters. The van der Waals surface area contributed by atoms with Gasteiger partial charge in [0.05, 0.1) is 5.69 Å². The molecule has 0 aliphatic rings. The number of aryl methyl sites for hydroxylation is 2. The first-order chi connectivity index (χ1) is 11.1.